The fraction of sp³-hybridized carbons (Fsp3) is 0.105. The first kappa shape index (κ1) is 30.1. The van der Waals surface area contributed by atoms with Crippen molar-refractivity contribution >= 4 is 56.1 Å². The van der Waals surface area contributed by atoms with Crippen molar-refractivity contribution in [1.29, 1.82) is 0 Å². The summed E-state index contributed by atoms with van der Waals surface area (Å²) < 4.78 is 7.87. The molecule has 13 heteroatoms. The van der Waals surface area contributed by atoms with Crippen LogP contribution in [0, 0.1) is 0 Å². The van der Waals surface area contributed by atoms with E-state index < -0.39 is 30.9 Å². The summed E-state index contributed by atoms with van der Waals surface area (Å²) in [5.41, 5.74) is 5.61. The molecule has 0 unspecified atom stereocenters. The van der Waals surface area contributed by atoms with Crippen LogP contribution in [0.5, 0.6) is 5.75 Å². The van der Waals surface area contributed by atoms with Gasteiger partial charge in [-0.3, -0.25) is 9.59 Å². The number of H-pyrrole nitrogens is 2. The van der Waals surface area contributed by atoms with Gasteiger partial charge in [0.1, 0.15) is 23.1 Å². The molecule has 2 aliphatic heterocycles. The van der Waals surface area contributed by atoms with Gasteiger partial charge in [0, 0.05) is 32.7 Å². The third-order valence-electron chi connectivity index (χ3n) is 9.06. The maximum atomic E-state index is 11.5. The number of aliphatic carboxylic acids is 2. The number of aromatic amines is 2. The van der Waals surface area contributed by atoms with Crippen LogP contribution in [-0.2, 0) is 16.6 Å². The Morgan fingerprint density at radius 2 is 1.06 bits per heavy atom. The van der Waals surface area contributed by atoms with Gasteiger partial charge in [-0.1, -0.05) is 64.6 Å². The molecule has 5 heterocycles. The number of nitrogens with one attached hydrogen (secondary N) is 2. The quantitative estimate of drug-likeness (QED) is 0.153. The van der Waals surface area contributed by atoms with Gasteiger partial charge in [0.25, 0.3) is 11.6 Å². The first-order valence-corrected chi connectivity index (χ1v) is 16.2. The van der Waals surface area contributed by atoms with E-state index in [1.165, 1.54) is 0 Å². The van der Waals surface area contributed by atoms with Crippen LogP contribution in [0.25, 0.3) is 89.7 Å². The molecule has 51 heavy (non-hydrogen) atoms. The average molecular weight is 676 g/mol. The molecule has 0 amide bonds. The molecule has 3 aromatic heterocycles. The summed E-state index contributed by atoms with van der Waals surface area (Å²) in [6.07, 6.45) is -2.03. The van der Waals surface area contributed by atoms with Crippen LogP contribution in [0.4, 0.5) is 0 Å². The number of ether oxygens (including phenoxy) is 1. The lowest BCUT2D eigenvalue weighted by Gasteiger charge is -2.15. The molecule has 0 aliphatic carbocycles. The van der Waals surface area contributed by atoms with Gasteiger partial charge < -0.3 is 24.9 Å². The third-order valence-corrected chi connectivity index (χ3v) is 9.06. The number of hydrogen-bond acceptors (Lipinski definition) is 8. The monoisotopic (exact) mass is 675 g/mol. The van der Waals surface area contributed by atoms with Gasteiger partial charge in [0.05, 0.1) is 31.0 Å². The van der Waals surface area contributed by atoms with E-state index in [0.29, 0.717) is 62.4 Å². The van der Waals surface area contributed by atoms with Crippen molar-refractivity contribution in [2.75, 3.05) is 0 Å². The molecule has 0 atom stereocenters. The van der Waals surface area contributed by atoms with E-state index in [-0.39, 0.29) is 0 Å². The van der Waals surface area contributed by atoms with Crippen LogP contribution in [0.1, 0.15) is 12.8 Å². The van der Waals surface area contributed by atoms with E-state index in [2.05, 4.69) is 9.97 Å². The molecule has 4 N–H and O–H groups in total. The van der Waals surface area contributed by atoms with Crippen LogP contribution in [0.3, 0.4) is 0 Å². The van der Waals surface area contributed by atoms with E-state index in [1.807, 2.05) is 84.4 Å². The lowest BCUT2D eigenvalue weighted by Crippen LogP contribution is -2.30. The number of hydrogen-bond donors (Lipinski definition) is 4. The van der Waals surface area contributed by atoms with Gasteiger partial charge in [-0.15, -0.1) is 0 Å². The molecule has 0 saturated heterocycles. The van der Waals surface area contributed by atoms with Crippen LogP contribution < -0.4 is 9.30 Å². The minimum atomic E-state index is -1.16. The molecule has 4 aromatic carbocycles. The Bertz CT molecular complexity index is 2770. The van der Waals surface area contributed by atoms with Gasteiger partial charge in [-0.05, 0) is 36.4 Å². The molecule has 7 aromatic rings. The number of fused-ring (bicyclic) bond motifs is 20. The standard InChI is InChI=1S/C38H26N8O5/c1-46-37-26-12-6-7-13-27(26)38(46)45-36-28-16-19(51-20(17-29(47)48)18-30(49)50)14-15-25(28)34(43-36)41-32-22-9-3-2-8-21(22)31(39-32)40-33-23-10-4-5-11-24(23)35(42-33)44-37/h2-16,20H,17-18H2,1H3,(H3,39,40,41,42,43,44,45,47,48,49,50)/p+1. The molecule has 0 fully saturated rings. The van der Waals surface area contributed by atoms with E-state index >= 15 is 0 Å². The van der Waals surface area contributed by atoms with Crippen molar-refractivity contribution in [1.82, 2.24) is 34.9 Å². The van der Waals surface area contributed by atoms with Crippen molar-refractivity contribution in [3.63, 3.8) is 0 Å². The topological polar surface area (TPSA) is 184 Å². The lowest BCUT2D eigenvalue weighted by molar-refractivity contribution is -0.650. The number of carboxylic acids is 2. The van der Waals surface area contributed by atoms with Gasteiger partial charge in [0.15, 0.2) is 11.6 Å². The van der Waals surface area contributed by atoms with Crippen LogP contribution >= 0.6 is 0 Å². The molecular formula is C38H27N8O5+. The smallest absolute Gasteiger partial charge is 0.307 e. The van der Waals surface area contributed by atoms with E-state index in [4.69, 9.17) is 29.7 Å². The number of rotatable bonds is 6. The minimum Gasteiger partial charge on any atom is -0.489 e. The predicted octanol–water partition coefficient (Wildman–Crippen LogP) is 6.00. The largest absolute Gasteiger partial charge is 0.489 e. The maximum absolute atomic E-state index is 11.5. The fourth-order valence-corrected chi connectivity index (χ4v) is 6.77. The Morgan fingerprint density at radius 3 is 1.59 bits per heavy atom. The summed E-state index contributed by atoms with van der Waals surface area (Å²) in [5, 5.41) is 21.9. The number of carbonyl (C=O) groups is 2. The SMILES string of the molecule is C[n+]1c2nc3[nH]c(nc4nc(nc5[nH]c(nc1-c1ccccc1-2)c1cc(OC(CC(=O)O)CC(=O)O)ccc51)-c1ccccc1-4)c1ccccc31. The van der Waals surface area contributed by atoms with E-state index in [1.54, 1.807) is 18.2 Å². The molecule has 0 spiro atoms. The summed E-state index contributed by atoms with van der Waals surface area (Å²) in [7, 11) is 1.91. The molecule has 8 bridgehead atoms. The van der Waals surface area contributed by atoms with Crippen LogP contribution in [-0.4, -0.2) is 63.1 Å². The zero-order chi connectivity index (χ0) is 34.8. The highest BCUT2D eigenvalue weighted by molar-refractivity contribution is 6.06. The molecular weight excluding hydrogens is 648 g/mol. The Labute approximate surface area is 288 Å². The Balaban J connectivity index is 1.39. The highest BCUT2D eigenvalue weighted by atomic mass is 16.5. The summed E-state index contributed by atoms with van der Waals surface area (Å²) in [4.78, 5) is 55.2. The second-order valence-electron chi connectivity index (χ2n) is 12.3. The zero-order valence-electron chi connectivity index (χ0n) is 27.0. The highest BCUT2D eigenvalue weighted by Gasteiger charge is 2.29. The predicted molar refractivity (Wildman–Crippen MR) is 188 cm³/mol. The molecule has 9 rings (SSSR count). The summed E-state index contributed by atoms with van der Waals surface area (Å²) in [6.45, 7) is 0. The van der Waals surface area contributed by atoms with Crippen LogP contribution in [0.2, 0.25) is 0 Å². The zero-order valence-corrected chi connectivity index (χ0v) is 27.0. The average Bonchev–Trinajstić information content (AvgIpc) is 3.82. The van der Waals surface area contributed by atoms with Crippen LogP contribution in [0.15, 0.2) is 91.0 Å². The van der Waals surface area contributed by atoms with Gasteiger partial charge in [-0.25, -0.2) is 19.5 Å². The van der Waals surface area contributed by atoms with Gasteiger partial charge in [-0.2, -0.15) is 0 Å². The van der Waals surface area contributed by atoms with Gasteiger partial charge >= 0.3 is 11.9 Å². The van der Waals surface area contributed by atoms with Crippen molar-refractivity contribution < 1.29 is 29.1 Å². The molecule has 0 saturated carbocycles. The first-order chi connectivity index (χ1) is 24.8. The number of carboxylic acid groups (broad SMARTS) is 2. The van der Waals surface area contributed by atoms with Crippen molar-refractivity contribution in [2.24, 2.45) is 7.05 Å². The molecule has 13 nitrogen and oxygen atoms in total. The summed E-state index contributed by atoms with van der Waals surface area (Å²) >= 11 is 0. The second kappa shape index (κ2) is 11.6. The number of benzene rings is 4. The van der Waals surface area contributed by atoms with Crippen molar-refractivity contribution in [2.45, 2.75) is 18.9 Å². The van der Waals surface area contributed by atoms with Crippen molar-refractivity contribution in [3.8, 4) is 51.3 Å². The van der Waals surface area contributed by atoms with Crippen molar-refractivity contribution in [3.05, 3.63) is 91.0 Å². The Morgan fingerprint density at radius 1 is 0.608 bits per heavy atom. The Kier molecular flexibility index (Phi) is 6.81. The number of nitrogens with zero attached hydrogens (tertiary/aromatic N) is 6. The fourth-order valence-electron chi connectivity index (χ4n) is 6.77. The van der Waals surface area contributed by atoms with E-state index in [0.717, 1.165) is 33.0 Å². The molecule has 0 radical (unpaired) electrons. The highest BCUT2D eigenvalue weighted by Crippen LogP contribution is 2.36. The Hall–Kier alpha value is -7.02. The normalized spacial score (nSPS) is 11.9. The molecule has 2 aliphatic rings. The third kappa shape index (κ3) is 5.10. The second-order valence-corrected chi connectivity index (χ2v) is 12.3. The lowest BCUT2D eigenvalue weighted by atomic mass is 10.1. The van der Waals surface area contributed by atoms with Gasteiger partial charge in [0.2, 0.25) is 11.3 Å². The minimum absolute atomic E-state index is 0.294. The maximum Gasteiger partial charge on any atom is 0.307 e. The first-order valence-electron chi connectivity index (χ1n) is 16.2. The summed E-state index contributed by atoms with van der Waals surface area (Å²) in [5.74, 6) is 0.248. The molecule has 248 valence electrons. The summed E-state index contributed by atoms with van der Waals surface area (Å²) in [6, 6.07) is 28.8. The number of aromatic nitrogens is 8. The van der Waals surface area contributed by atoms with E-state index in [9.17, 15) is 19.8 Å².